The molecule has 3 heterocycles. The van der Waals surface area contributed by atoms with Crippen LogP contribution < -0.4 is 16.4 Å². The number of carbonyl (C=O) groups is 1. The van der Waals surface area contributed by atoms with Crippen LogP contribution in [0.3, 0.4) is 0 Å². The average molecular weight is 527 g/mol. The maximum absolute atomic E-state index is 13.4. The fraction of sp³-hybridized carbons (Fsp3) is 0.172. The van der Waals surface area contributed by atoms with Crippen molar-refractivity contribution >= 4 is 39.8 Å². The van der Waals surface area contributed by atoms with Gasteiger partial charge in [-0.25, -0.2) is 19.3 Å². The van der Waals surface area contributed by atoms with Gasteiger partial charge in [-0.3, -0.25) is 4.79 Å². The van der Waals surface area contributed by atoms with Crippen molar-refractivity contribution < 1.29 is 9.18 Å². The molecule has 0 bridgehead atoms. The Kier molecular flexibility index (Phi) is 7.28. The molecule has 4 N–H and O–H groups in total. The van der Waals surface area contributed by atoms with Crippen molar-refractivity contribution in [1.82, 2.24) is 20.3 Å². The number of aromatic nitrogens is 3. The average Bonchev–Trinajstić information content (AvgIpc) is 3.40. The first-order valence-corrected chi connectivity index (χ1v) is 13.0. The molecule has 0 aliphatic rings. The summed E-state index contributed by atoms with van der Waals surface area (Å²) in [7, 11) is 0. The molecule has 0 radical (unpaired) electrons. The molecule has 0 saturated heterocycles. The minimum atomic E-state index is -0.308. The molecule has 192 valence electrons. The highest BCUT2D eigenvalue weighted by Gasteiger charge is 2.21. The number of carbonyl (C=O) groups excluding carboxylic acids is 1. The number of nitrogens with one attached hydrogen (secondary N) is 2. The molecule has 0 spiro atoms. The van der Waals surface area contributed by atoms with Gasteiger partial charge in [0, 0.05) is 21.3 Å². The summed E-state index contributed by atoms with van der Waals surface area (Å²) < 4.78 is 13.4. The molecule has 3 aromatic heterocycles. The largest absolute Gasteiger partial charge is 0.383 e. The first kappa shape index (κ1) is 25.3. The summed E-state index contributed by atoms with van der Waals surface area (Å²) in [6.07, 6.45) is 3.12. The zero-order valence-electron chi connectivity index (χ0n) is 21.0. The fourth-order valence-corrected chi connectivity index (χ4v) is 5.23. The lowest BCUT2D eigenvalue weighted by Crippen LogP contribution is -2.32. The summed E-state index contributed by atoms with van der Waals surface area (Å²) >= 11 is 1.64. The van der Waals surface area contributed by atoms with E-state index in [0.29, 0.717) is 23.7 Å². The van der Waals surface area contributed by atoms with Gasteiger partial charge in [-0.2, -0.15) is 0 Å². The Morgan fingerprint density at radius 1 is 1.03 bits per heavy atom. The standard InChI is InChI=1S/C29H27FN6OS/c1-17(2)26(18-5-8-20(30)9-6-18)36-29(37)22-4-3-13-32-28(22)33-15-21-10-12-25(38-21)19-7-11-24-23(14-19)27(31)35-16-34-24/h3-14,16-17,26H,15H2,1-2H3,(H,32,33)(H,36,37)(H2,31,34,35)/t26-/m0/s1. The molecule has 5 aromatic rings. The van der Waals surface area contributed by atoms with E-state index in [0.717, 1.165) is 31.8 Å². The predicted octanol–water partition coefficient (Wildman–Crippen LogP) is 6.21. The number of hydrogen-bond donors (Lipinski definition) is 3. The van der Waals surface area contributed by atoms with E-state index in [9.17, 15) is 9.18 Å². The third-order valence-electron chi connectivity index (χ3n) is 6.28. The Balaban J connectivity index is 1.30. The van der Waals surface area contributed by atoms with Crippen LogP contribution in [0.25, 0.3) is 21.3 Å². The van der Waals surface area contributed by atoms with E-state index in [-0.39, 0.29) is 23.7 Å². The quantitative estimate of drug-likeness (QED) is 0.222. The third-order valence-corrected chi connectivity index (χ3v) is 7.41. The maximum atomic E-state index is 13.4. The number of nitrogen functional groups attached to an aromatic ring is 1. The minimum absolute atomic E-state index is 0.110. The highest BCUT2D eigenvalue weighted by Crippen LogP contribution is 2.32. The van der Waals surface area contributed by atoms with Crippen molar-refractivity contribution in [3.63, 3.8) is 0 Å². The van der Waals surface area contributed by atoms with Crippen LogP contribution in [0, 0.1) is 11.7 Å². The predicted molar refractivity (Wildman–Crippen MR) is 150 cm³/mol. The van der Waals surface area contributed by atoms with Gasteiger partial charge in [0.05, 0.1) is 23.7 Å². The van der Waals surface area contributed by atoms with E-state index in [1.807, 2.05) is 38.1 Å². The molecule has 1 atom stereocenters. The Bertz CT molecular complexity index is 1580. The van der Waals surface area contributed by atoms with E-state index >= 15 is 0 Å². The maximum Gasteiger partial charge on any atom is 0.255 e. The Morgan fingerprint density at radius 3 is 2.63 bits per heavy atom. The van der Waals surface area contributed by atoms with Crippen LogP contribution in [0.2, 0.25) is 0 Å². The number of benzene rings is 2. The van der Waals surface area contributed by atoms with Gasteiger partial charge in [0.2, 0.25) is 0 Å². The summed E-state index contributed by atoms with van der Waals surface area (Å²) in [6.45, 7) is 4.54. The second-order valence-electron chi connectivity index (χ2n) is 9.26. The van der Waals surface area contributed by atoms with Crippen LogP contribution in [0.15, 0.2) is 79.3 Å². The number of pyridine rings is 1. The Labute approximate surface area is 224 Å². The van der Waals surface area contributed by atoms with Crippen LogP contribution in [0.5, 0.6) is 0 Å². The van der Waals surface area contributed by atoms with E-state index < -0.39 is 0 Å². The van der Waals surface area contributed by atoms with Gasteiger partial charge in [0.15, 0.2) is 0 Å². The number of halogens is 1. The van der Waals surface area contributed by atoms with Gasteiger partial charge in [-0.05, 0) is 65.6 Å². The van der Waals surface area contributed by atoms with Crippen LogP contribution in [-0.4, -0.2) is 20.9 Å². The fourth-order valence-electron chi connectivity index (χ4n) is 4.28. The number of thiophene rings is 1. The van der Waals surface area contributed by atoms with Gasteiger partial charge >= 0.3 is 0 Å². The molecular weight excluding hydrogens is 499 g/mol. The second-order valence-corrected chi connectivity index (χ2v) is 10.4. The van der Waals surface area contributed by atoms with Crippen LogP contribution in [-0.2, 0) is 6.54 Å². The number of amides is 1. The van der Waals surface area contributed by atoms with E-state index in [4.69, 9.17) is 5.73 Å². The molecule has 0 aliphatic carbocycles. The second kappa shape index (κ2) is 10.9. The third kappa shape index (κ3) is 5.47. The van der Waals surface area contributed by atoms with E-state index in [2.05, 4.69) is 31.7 Å². The number of rotatable bonds is 8. The SMILES string of the molecule is CC(C)[C@H](NC(=O)c1cccnc1NCc1ccc(-c2ccc3ncnc(N)c3c2)s1)c1ccc(F)cc1. The van der Waals surface area contributed by atoms with Gasteiger partial charge in [-0.1, -0.05) is 32.0 Å². The monoisotopic (exact) mass is 526 g/mol. The van der Waals surface area contributed by atoms with E-state index in [1.54, 1.807) is 41.8 Å². The van der Waals surface area contributed by atoms with Crippen molar-refractivity contribution in [3.8, 4) is 10.4 Å². The highest BCUT2D eigenvalue weighted by atomic mass is 32.1. The molecule has 0 aliphatic heterocycles. The summed E-state index contributed by atoms with van der Waals surface area (Å²) in [5.74, 6) is 0.509. The summed E-state index contributed by atoms with van der Waals surface area (Å²) in [6, 6.07) is 19.5. The van der Waals surface area contributed by atoms with E-state index in [1.165, 1.54) is 18.5 Å². The van der Waals surface area contributed by atoms with Crippen molar-refractivity contribution in [1.29, 1.82) is 0 Å². The van der Waals surface area contributed by atoms with Gasteiger partial charge in [0.1, 0.15) is 23.8 Å². The molecule has 0 fully saturated rings. The molecule has 5 rings (SSSR count). The number of hydrogen-bond acceptors (Lipinski definition) is 7. The molecule has 1 amide bonds. The zero-order valence-corrected chi connectivity index (χ0v) is 21.8. The van der Waals surface area contributed by atoms with Crippen molar-refractivity contribution in [2.75, 3.05) is 11.1 Å². The lowest BCUT2D eigenvalue weighted by Gasteiger charge is -2.23. The van der Waals surface area contributed by atoms with Crippen LogP contribution in [0.4, 0.5) is 16.0 Å². The normalized spacial score (nSPS) is 12.0. The summed E-state index contributed by atoms with van der Waals surface area (Å²) in [5.41, 5.74) is 9.17. The first-order valence-electron chi connectivity index (χ1n) is 12.2. The Morgan fingerprint density at radius 2 is 1.84 bits per heavy atom. The molecule has 38 heavy (non-hydrogen) atoms. The lowest BCUT2D eigenvalue weighted by atomic mass is 9.95. The van der Waals surface area contributed by atoms with Crippen LogP contribution in [0.1, 0.15) is 40.7 Å². The first-order chi connectivity index (χ1) is 18.4. The van der Waals surface area contributed by atoms with Crippen molar-refractivity contribution in [3.05, 3.63) is 101 Å². The molecule has 0 saturated carbocycles. The Hall–Kier alpha value is -4.37. The van der Waals surface area contributed by atoms with Crippen molar-refractivity contribution in [2.45, 2.75) is 26.4 Å². The van der Waals surface area contributed by atoms with Gasteiger partial charge < -0.3 is 16.4 Å². The molecule has 0 unspecified atom stereocenters. The number of fused-ring (bicyclic) bond motifs is 1. The molecule has 7 nitrogen and oxygen atoms in total. The number of anilines is 2. The molecule has 9 heteroatoms. The van der Waals surface area contributed by atoms with Crippen molar-refractivity contribution in [2.24, 2.45) is 5.92 Å². The minimum Gasteiger partial charge on any atom is -0.383 e. The van der Waals surface area contributed by atoms with Gasteiger partial charge in [0.25, 0.3) is 5.91 Å². The highest BCUT2D eigenvalue weighted by molar-refractivity contribution is 7.15. The molecular formula is C29H27FN6OS. The number of nitrogens with zero attached hydrogens (tertiary/aromatic N) is 3. The molecule has 2 aromatic carbocycles. The number of nitrogens with two attached hydrogens (primary N) is 1. The summed E-state index contributed by atoms with van der Waals surface area (Å²) in [4.78, 5) is 28.2. The summed E-state index contributed by atoms with van der Waals surface area (Å²) in [5, 5.41) is 7.23. The van der Waals surface area contributed by atoms with Crippen LogP contribution >= 0.6 is 11.3 Å². The van der Waals surface area contributed by atoms with Gasteiger partial charge in [-0.15, -0.1) is 11.3 Å². The topological polar surface area (TPSA) is 106 Å². The lowest BCUT2D eigenvalue weighted by molar-refractivity contribution is 0.0926. The smallest absolute Gasteiger partial charge is 0.255 e. The zero-order chi connectivity index (χ0) is 26.6.